The number of para-hydroxylation sites is 1. The second kappa shape index (κ2) is 8.38. The number of rotatable bonds is 5. The standard InChI is InChI=1S/C21H32N2O4/c1-21(22)12-5-4-7-16(21)20(24)23-13-10-15(11-14-23)27-19-17(25-2)8-6-9-18(19)26-3/h6,8-9,15-16H,4-5,7,10-14,22H2,1-3H3. The van der Waals surface area contributed by atoms with Gasteiger partial charge in [-0.3, -0.25) is 4.79 Å². The average Bonchev–Trinajstić information content (AvgIpc) is 2.68. The topological polar surface area (TPSA) is 74.0 Å². The number of piperidine rings is 1. The highest BCUT2D eigenvalue weighted by atomic mass is 16.5. The molecule has 2 fully saturated rings. The monoisotopic (exact) mass is 376 g/mol. The lowest BCUT2D eigenvalue weighted by Gasteiger charge is -2.41. The molecule has 1 aromatic carbocycles. The van der Waals surface area contributed by atoms with Crippen LogP contribution in [-0.2, 0) is 4.79 Å². The van der Waals surface area contributed by atoms with Gasteiger partial charge >= 0.3 is 0 Å². The van der Waals surface area contributed by atoms with Crippen molar-refractivity contribution in [3.63, 3.8) is 0 Å². The van der Waals surface area contributed by atoms with Gasteiger partial charge in [-0.1, -0.05) is 18.9 Å². The fourth-order valence-electron chi connectivity index (χ4n) is 4.28. The van der Waals surface area contributed by atoms with Crippen molar-refractivity contribution in [3.8, 4) is 17.2 Å². The van der Waals surface area contributed by atoms with E-state index in [0.717, 1.165) is 38.5 Å². The molecule has 1 heterocycles. The number of carbonyl (C=O) groups excluding carboxylic acids is 1. The summed E-state index contributed by atoms with van der Waals surface area (Å²) in [4.78, 5) is 15.0. The van der Waals surface area contributed by atoms with E-state index in [-0.39, 0.29) is 23.5 Å². The first-order valence-electron chi connectivity index (χ1n) is 9.91. The van der Waals surface area contributed by atoms with Gasteiger partial charge in [0.15, 0.2) is 11.5 Å². The zero-order chi connectivity index (χ0) is 19.4. The van der Waals surface area contributed by atoms with E-state index in [1.165, 1.54) is 0 Å². The van der Waals surface area contributed by atoms with E-state index in [9.17, 15) is 4.79 Å². The Balaban J connectivity index is 1.60. The summed E-state index contributed by atoms with van der Waals surface area (Å²) >= 11 is 0. The first kappa shape index (κ1) is 19.8. The lowest BCUT2D eigenvalue weighted by Crippen LogP contribution is -2.55. The number of methoxy groups -OCH3 is 2. The number of nitrogens with zero attached hydrogens (tertiary/aromatic N) is 1. The van der Waals surface area contributed by atoms with Crippen LogP contribution in [0.2, 0.25) is 0 Å². The molecule has 150 valence electrons. The Bertz CT molecular complexity index is 631. The smallest absolute Gasteiger partial charge is 0.227 e. The minimum Gasteiger partial charge on any atom is -0.493 e. The number of carbonyl (C=O) groups is 1. The van der Waals surface area contributed by atoms with Crippen LogP contribution in [0.5, 0.6) is 17.2 Å². The van der Waals surface area contributed by atoms with Gasteiger partial charge < -0.3 is 24.8 Å². The fraction of sp³-hybridized carbons (Fsp3) is 0.667. The van der Waals surface area contributed by atoms with E-state index in [1.54, 1.807) is 14.2 Å². The van der Waals surface area contributed by atoms with Crippen LogP contribution < -0.4 is 19.9 Å². The molecule has 1 aliphatic carbocycles. The molecule has 1 saturated carbocycles. The van der Waals surface area contributed by atoms with Crippen molar-refractivity contribution in [2.45, 2.75) is 57.1 Å². The highest BCUT2D eigenvalue weighted by molar-refractivity contribution is 5.80. The SMILES string of the molecule is COc1cccc(OC)c1OC1CCN(C(=O)C2CCCCC2(C)N)CC1. The van der Waals surface area contributed by atoms with Gasteiger partial charge in [-0.25, -0.2) is 0 Å². The van der Waals surface area contributed by atoms with Gasteiger partial charge in [0, 0.05) is 31.5 Å². The van der Waals surface area contributed by atoms with Gasteiger partial charge in [0.25, 0.3) is 0 Å². The average molecular weight is 376 g/mol. The maximum absolute atomic E-state index is 13.0. The molecule has 6 nitrogen and oxygen atoms in total. The predicted octanol–water partition coefficient (Wildman–Crippen LogP) is 2.98. The zero-order valence-corrected chi connectivity index (χ0v) is 16.7. The molecule has 0 radical (unpaired) electrons. The lowest BCUT2D eigenvalue weighted by atomic mass is 9.74. The van der Waals surface area contributed by atoms with Gasteiger partial charge in [0.2, 0.25) is 11.7 Å². The Labute approximate surface area is 161 Å². The second-order valence-electron chi connectivity index (χ2n) is 7.94. The molecule has 1 aliphatic heterocycles. The second-order valence-corrected chi connectivity index (χ2v) is 7.94. The predicted molar refractivity (Wildman–Crippen MR) is 104 cm³/mol. The summed E-state index contributed by atoms with van der Waals surface area (Å²) in [6.07, 6.45) is 5.66. The normalized spacial score (nSPS) is 26.5. The maximum Gasteiger partial charge on any atom is 0.227 e. The van der Waals surface area contributed by atoms with E-state index in [0.29, 0.717) is 30.3 Å². The molecule has 2 atom stereocenters. The summed E-state index contributed by atoms with van der Waals surface area (Å²) in [7, 11) is 3.24. The molecule has 6 heteroatoms. The number of likely N-dealkylation sites (tertiary alicyclic amines) is 1. The highest BCUT2D eigenvalue weighted by Crippen LogP contribution is 2.39. The number of benzene rings is 1. The third-order valence-corrected chi connectivity index (χ3v) is 5.97. The number of hydrogen-bond donors (Lipinski definition) is 1. The Morgan fingerprint density at radius 1 is 1.11 bits per heavy atom. The molecule has 0 aromatic heterocycles. The molecule has 0 bridgehead atoms. The van der Waals surface area contributed by atoms with E-state index >= 15 is 0 Å². The van der Waals surface area contributed by atoms with Crippen LogP contribution in [0.1, 0.15) is 45.4 Å². The minimum absolute atomic E-state index is 0.0369. The number of nitrogens with two attached hydrogens (primary N) is 1. The number of amides is 1. The summed E-state index contributed by atoms with van der Waals surface area (Å²) in [6, 6.07) is 5.60. The summed E-state index contributed by atoms with van der Waals surface area (Å²) < 4.78 is 17.0. The molecular weight excluding hydrogens is 344 g/mol. The van der Waals surface area contributed by atoms with Crippen molar-refractivity contribution in [3.05, 3.63) is 18.2 Å². The van der Waals surface area contributed by atoms with Crippen molar-refractivity contribution >= 4 is 5.91 Å². The van der Waals surface area contributed by atoms with Crippen LogP contribution in [0.4, 0.5) is 0 Å². The molecule has 1 amide bonds. The maximum atomic E-state index is 13.0. The van der Waals surface area contributed by atoms with Crippen LogP contribution in [0.15, 0.2) is 18.2 Å². The first-order chi connectivity index (χ1) is 13.0. The summed E-state index contributed by atoms with van der Waals surface area (Å²) in [6.45, 7) is 3.43. The Morgan fingerprint density at radius 3 is 2.30 bits per heavy atom. The van der Waals surface area contributed by atoms with E-state index in [2.05, 4.69) is 0 Å². The quantitative estimate of drug-likeness (QED) is 0.855. The van der Waals surface area contributed by atoms with Gasteiger partial charge in [0.05, 0.1) is 20.1 Å². The fourth-order valence-corrected chi connectivity index (χ4v) is 4.28. The highest BCUT2D eigenvalue weighted by Gasteiger charge is 2.40. The van der Waals surface area contributed by atoms with Crippen molar-refractivity contribution in [1.82, 2.24) is 4.90 Å². The largest absolute Gasteiger partial charge is 0.493 e. The molecule has 0 spiro atoms. The Kier molecular flexibility index (Phi) is 6.15. The molecule has 2 unspecified atom stereocenters. The van der Waals surface area contributed by atoms with Gasteiger partial charge in [0.1, 0.15) is 6.10 Å². The van der Waals surface area contributed by atoms with E-state index in [1.807, 2.05) is 30.0 Å². The molecule has 2 aliphatic rings. The van der Waals surface area contributed by atoms with E-state index in [4.69, 9.17) is 19.9 Å². The third kappa shape index (κ3) is 4.32. The number of ether oxygens (including phenoxy) is 3. The third-order valence-electron chi connectivity index (χ3n) is 5.97. The minimum atomic E-state index is -0.381. The van der Waals surface area contributed by atoms with Crippen LogP contribution in [0.3, 0.4) is 0 Å². The van der Waals surface area contributed by atoms with Crippen molar-refractivity contribution in [2.24, 2.45) is 11.7 Å². The van der Waals surface area contributed by atoms with Crippen molar-refractivity contribution in [1.29, 1.82) is 0 Å². The van der Waals surface area contributed by atoms with E-state index < -0.39 is 0 Å². The molecule has 1 aromatic rings. The number of hydrogen-bond acceptors (Lipinski definition) is 5. The molecular formula is C21H32N2O4. The molecule has 27 heavy (non-hydrogen) atoms. The molecule has 1 saturated heterocycles. The van der Waals surface area contributed by atoms with Crippen LogP contribution >= 0.6 is 0 Å². The summed E-state index contributed by atoms with van der Waals surface area (Å²) in [5, 5.41) is 0. The molecule has 2 N–H and O–H groups in total. The first-order valence-corrected chi connectivity index (χ1v) is 9.91. The zero-order valence-electron chi connectivity index (χ0n) is 16.7. The van der Waals surface area contributed by atoms with Crippen molar-refractivity contribution < 1.29 is 19.0 Å². The molecule has 3 rings (SSSR count). The van der Waals surface area contributed by atoms with Crippen LogP contribution in [0.25, 0.3) is 0 Å². The Morgan fingerprint density at radius 2 is 1.74 bits per heavy atom. The van der Waals surface area contributed by atoms with Crippen LogP contribution in [0, 0.1) is 5.92 Å². The van der Waals surface area contributed by atoms with Crippen LogP contribution in [-0.4, -0.2) is 49.8 Å². The van der Waals surface area contributed by atoms with Crippen molar-refractivity contribution in [2.75, 3.05) is 27.3 Å². The lowest BCUT2D eigenvalue weighted by molar-refractivity contribution is -0.140. The van der Waals surface area contributed by atoms with Gasteiger partial charge in [-0.15, -0.1) is 0 Å². The summed E-state index contributed by atoms with van der Waals surface area (Å²) in [5.74, 6) is 2.11. The summed E-state index contributed by atoms with van der Waals surface area (Å²) in [5.41, 5.74) is 6.04. The Hall–Kier alpha value is -1.95. The van der Waals surface area contributed by atoms with Gasteiger partial charge in [-0.05, 0) is 31.9 Å². The van der Waals surface area contributed by atoms with Gasteiger partial charge in [-0.2, -0.15) is 0 Å².